The van der Waals surface area contributed by atoms with Gasteiger partial charge in [-0.2, -0.15) is 0 Å². The fraction of sp³-hybridized carbons (Fsp3) is 0.692. The molecule has 8 heteroatoms. The highest BCUT2D eigenvalue weighted by atomic mass is 16.6. The number of hydrogen-bond donors (Lipinski definition) is 4. The molecule has 8 nitrogen and oxygen atoms in total. The van der Waals surface area contributed by atoms with Crippen molar-refractivity contribution in [3.05, 3.63) is 35.4 Å². The highest BCUT2D eigenvalue weighted by Gasteiger charge is 2.15. The summed E-state index contributed by atoms with van der Waals surface area (Å²) in [4.78, 5) is 24.6. The van der Waals surface area contributed by atoms with Crippen molar-refractivity contribution < 1.29 is 19.1 Å². The van der Waals surface area contributed by atoms with E-state index in [9.17, 15) is 9.59 Å². The quantitative estimate of drug-likeness (QED) is 0.125. The zero-order chi connectivity index (χ0) is 25.0. The van der Waals surface area contributed by atoms with Gasteiger partial charge in [0.1, 0.15) is 0 Å². The summed E-state index contributed by atoms with van der Waals surface area (Å²) in [6, 6.07) is 6.15. The molecule has 1 aromatic carbocycles. The Morgan fingerprint density at radius 3 is 1.18 bits per heavy atom. The van der Waals surface area contributed by atoms with Crippen LogP contribution in [0.15, 0.2) is 24.3 Å². The van der Waals surface area contributed by atoms with Gasteiger partial charge in [0, 0.05) is 0 Å². The SMILES string of the molecule is NCCCCCCCCC(N)OC(=O)c1ccc(C(=O)OC(N)CCCCCCCCN)cc1. The van der Waals surface area contributed by atoms with Gasteiger partial charge in [-0.05, 0) is 75.9 Å². The minimum absolute atomic E-state index is 0.340. The average Bonchev–Trinajstić information content (AvgIpc) is 2.83. The highest BCUT2D eigenvalue weighted by molar-refractivity contribution is 5.93. The van der Waals surface area contributed by atoms with Gasteiger partial charge in [0.2, 0.25) is 0 Å². The molecule has 8 N–H and O–H groups in total. The summed E-state index contributed by atoms with van der Waals surface area (Å²) < 4.78 is 10.6. The third kappa shape index (κ3) is 14.3. The number of carbonyl (C=O) groups is 2. The van der Waals surface area contributed by atoms with E-state index < -0.39 is 24.4 Å². The molecule has 0 bridgehead atoms. The number of rotatable bonds is 20. The van der Waals surface area contributed by atoms with E-state index in [1.165, 1.54) is 37.1 Å². The van der Waals surface area contributed by atoms with Gasteiger partial charge < -0.3 is 20.9 Å². The van der Waals surface area contributed by atoms with Gasteiger partial charge in [0.05, 0.1) is 11.1 Å². The van der Waals surface area contributed by atoms with Crippen LogP contribution in [0.4, 0.5) is 0 Å². The van der Waals surface area contributed by atoms with E-state index in [1.807, 2.05) is 0 Å². The number of benzene rings is 1. The lowest BCUT2D eigenvalue weighted by Crippen LogP contribution is -2.27. The maximum atomic E-state index is 12.3. The first-order valence-corrected chi connectivity index (χ1v) is 12.9. The van der Waals surface area contributed by atoms with Gasteiger partial charge >= 0.3 is 11.9 Å². The lowest BCUT2D eigenvalue weighted by molar-refractivity contribution is 0.0276. The maximum absolute atomic E-state index is 12.3. The highest BCUT2D eigenvalue weighted by Crippen LogP contribution is 2.13. The van der Waals surface area contributed by atoms with Crippen LogP contribution in [0.2, 0.25) is 0 Å². The van der Waals surface area contributed by atoms with Crippen molar-refractivity contribution in [3.8, 4) is 0 Å². The topological polar surface area (TPSA) is 157 Å². The molecule has 34 heavy (non-hydrogen) atoms. The molecule has 2 unspecified atom stereocenters. The summed E-state index contributed by atoms with van der Waals surface area (Å²) in [6.45, 7) is 1.49. The summed E-state index contributed by atoms with van der Waals surface area (Å²) in [7, 11) is 0. The van der Waals surface area contributed by atoms with Crippen molar-refractivity contribution in [2.75, 3.05) is 13.1 Å². The summed E-state index contributed by atoms with van der Waals surface area (Å²) in [5.74, 6) is -1.00. The van der Waals surface area contributed by atoms with Gasteiger partial charge in [0.15, 0.2) is 12.5 Å². The summed E-state index contributed by atoms with van der Waals surface area (Å²) >= 11 is 0. The van der Waals surface area contributed by atoms with Crippen LogP contribution in [0.25, 0.3) is 0 Å². The van der Waals surface area contributed by atoms with Crippen LogP contribution < -0.4 is 22.9 Å². The summed E-state index contributed by atoms with van der Waals surface area (Å²) in [6.07, 6.45) is 13.0. The number of unbranched alkanes of at least 4 members (excludes halogenated alkanes) is 10. The van der Waals surface area contributed by atoms with Crippen LogP contribution in [-0.4, -0.2) is 37.5 Å². The van der Waals surface area contributed by atoms with E-state index in [2.05, 4.69) is 0 Å². The van der Waals surface area contributed by atoms with Crippen molar-refractivity contribution in [1.29, 1.82) is 0 Å². The molecule has 0 aliphatic carbocycles. The number of hydrogen-bond acceptors (Lipinski definition) is 8. The molecule has 0 spiro atoms. The molecule has 0 aliphatic heterocycles. The van der Waals surface area contributed by atoms with Gasteiger partial charge in [-0.15, -0.1) is 0 Å². The number of ether oxygens (including phenoxy) is 2. The second-order valence-electron chi connectivity index (χ2n) is 8.86. The predicted molar refractivity (Wildman–Crippen MR) is 136 cm³/mol. The lowest BCUT2D eigenvalue weighted by Gasteiger charge is -2.14. The van der Waals surface area contributed by atoms with Crippen molar-refractivity contribution in [1.82, 2.24) is 0 Å². The summed E-state index contributed by atoms with van der Waals surface area (Å²) in [5, 5.41) is 0. The van der Waals surface area contributed by atoms with Crippen molar-refractivity contribution in [3.63, 3.8) is 0 Å². The zero-order valence-corrected chi connectivity index (χ0v) is 20.7. The zero-order valence-electron chi connectivity index (χ0n) is 20.7. The minimum atomic E-state index is -0.639. The molecule has 0 heterocycles. The number of carbonyl (C=O) groups excluding carboxylic acids is 2. The monoisotopic (exact) mass is 478 g/mol. The Kier molecular flexibility index (Phi) is 17.1. The van der Waals surface area contributed by atoms with Crippen LogP contribution in [0.1, 0.15) is 111 Å². The smallest absolute Gasteiger partial charge is 0.339 e. The predicted octanol–water partition coefficient (Wildman–Crippen LogP) is 3.95. The van der Waals surface area contributed by atoms with E-state index in [0.717, 1.165) is 77.3 Å². The van der Waals surface area contributed by atoms with E-state index in [0.29, 0.717) is 24.0 Å². The Balaban J connectivity index is 2.27. The molecular formula is C26H46N4O4. The normalized spacial score (nSPS) is 12.8. The first-order valence-electron chi connectivity index (χ1n) is 12.9. The molecule has 0 amide bonds. The molecule has 0 fully saturated rings. The Labute approximate surface area is 205 Å². The second kappa shape index (κ2) is 19.3. The van der Waals surface area contributed by atoms with Crippen LogP contribution in [0, 0.1) is 0 Å². The minimum Gasteiger partial charge on any atom is -0.443 e. The van der Waals surface area contributed by atoms with Crippen molar-refractivity contribution >= 4 is 11.9 Å². The lowest BCUT2D eigenvalue weighted by atomic mass is 10.1. The Bertz CT molecular complexity index is 612. The van der Waals surface area contributed by atoms with Gasteiger partial charge in [-0.3, -0.25) is 11.5 Å². The van der Waals surface area contributed by atoms with Gasteiger partial charge in [-0.1, -0.05) is 51.4 Å². The van der Waals surface area contributed by atoms with Crippen LogP contribution >= 0.6 is 0 Å². The van der Waals surface area contributed by atoms with Crippen molar-refractivity contribution in [2.45, 2.75) is 102 Å². The molecule has 1 aromatic rings. The number of esters is 2. The molecule has 0 aliphatic rings. The van der Waals surface area contributed by atoms with Crippen LogP contribution in [-0.2, 0) is 9.47 Å². The van der Waals surface area contributed by atoms with Gasteiger partial charge in [0.25, 0.3) is 0 Å². The Morgan fingerprint density at radius 1 is 0.559 bits per heavy atom. The molecule has 0 aromatic heterocycles. The molecule has 194 valence electrons. The van der Waals surface area contributed by atoms with E-state index in [4.69, 9.17) is 32.4 Å². The maximum Gasteiger partial charge on any atom is 0.339 e. The Hall–Kier alpha value is -2.00. The Morgan fingerprint density at radius 2 is 0.853 bits per heavy atom. The average molecular weight is 479 g/mol. The van der Waals surface area contributed by atoms with Crippen LogP contribution in [0.3, 0.4) is 0 Å². The van der Waals surface area contributed by atoms with Crippen molar-refractivity contribution in [2.24, 2.45) is 22.9 Å². The fourth-order valence-electron chi connectivity index (χ4n) is 3.67. The molecule has 1 rings (SSSR count). The van der Waals surface area contributed by atoms with E-state index in [1.54, 1.807) is 0 Å². The van der Waals surface area contributed by atoms with E-state index in [-0.39, 0.29) is 0 Å². The first-order chi connectivity index (χ1) is 16.5. The molecule has 0 radical (unpaired) electrons. The van der Waals surface area contributed by atoms with Crippen LogP contribution in [0.5, 0.6) is 0 Å². The number of nitrogens with two attached hydrogens (primary N) is 4. The second-order valence-corrected chi connectivity index (χ2v) is 8.86. The third-order valence-electron chi connectivity index (χ3n) is 5.76. The fourth-order valence-corrected chi connectivity index (χ4v) is 3.67. The first kappa shape index (κ1) is 30.0. The molecule has 0 saturated carbocycles. The largest absolute Gasteiger partial charge is 0.443 e. The molecule has 2 atom stereocenters. The summed E-state index contributed by atoms with van der Waals surface area (Å²) in [5.41, 5.74) is 23.5. The molecule has 0 saturated heterocycles. The molecular weight excluding hydrogens is 432 g/mol. The standard InChI is InChI=1S/C26H46N4O4/c27-19-11-7-3-1-5-9-13-23(29)33-25(31)21-15-17-22(18-16-21)26(32)34-24(30)14-10-6-2-4-8-12-20-28/h15-18,23-24H,1-14,19-20,27-30H2. The third-order valence-corrected chi connectivity index (χ3v) is 5.76. The van der Waals surface area contributed by atoms with E-state index >= 15 is 0 Å². The van der Waals surface area contributed by atoms with Gasteiger partial charge in [-0.25, -0.2) is 9.59 Å².